The Morgan fingerprint density at radius 2 is 2.00 bits per heavy atom. The smallest absolute Gasteiger partial charge is 0.138 e. The molecule has 1 aromatic heterocycles. The van der Waals surface area contributed by atoms with E-state index in [0.717, 1.165) is 37.7 Å². The van der Waals surface area contributed by atoms with Crippen molar-refractivity contribution in [3.8, 4) is 0 Å². The van der Waals surface area contributed by atoms with E-state index in [9.17, 15) is 0 Å². The van der Waals surface area contributed by atoms with Crippen LogP contribution < -0.4 is 5.32 Å². The van der Waals surface area contributed by atoms with E-state index < -0.39 is 0 Å². The van der Waals surface area contributed by atoms with Crippen LogP contribution in [0.1, 0.15) is 48.6 Å². The van der Waals surface area contributed by atoms with Gasteiger partial charge in [-0.2, -0.15) is 5.10 Å². The van der Waals surface area contributed by atoms with Crippen LogP contribution in [0.5, 0.6) is 0 Å². The first-order valence-corrected chi connectivity index (χ1v) is 8.07. The lowest BCUT2D eigenvalue weighted by Gasteiger charge is -2.26. The largest absolute Gasteiger partial charge is 0.308 e. The molecular formula is C17H22N4. The fraction of sp³-hybridized carbons (Fsp3) is 0.529. The summed E-state index contributed by atoms with van der Waals surface area (Å²) < 4.78 is 2.03. The van der Waals surface area contributed by atoms with Gasteiger partial charge in [0, 0.05) is 19.0 Å². The Kier molecular flexibility index (Phi) is 3.47. The van der Waals surface area contributed by atoms with Crippen molar-refractivity contribution in [2.75, 3.05) is 0 Å². The van der Waals surface area contributed by atoms with Crippen LogP contribution in [0.2, 0.25) is 0 Å². The lowest BCUT2D eigenvalue weighted by atomic mass is 9.80. The Morgan fingerprint density at radius 1 is 1.14 bits per heavy atom. The number of aromatic nitrogens is 3. The van der Waals surface area contributed by atoms with E-state index in [1.54, 1.807) is 6.33 Å². The second kappa shape index (κ2) is 5.60. The second-order valence-electron chi connectivity index (χ2n) is 6.34. The van der Waals surface area contributed by atoms with Crippen LogP contribution in [-0.4, -0.2) is 20.8 Å². The lowest BCUT2D eigenvalue weighted by molar-refractivity contribution is 0.358. The first kappa shape index (κ1) is 13.0. The first-order valence-electron chi connectivity index (χ1n) is 8.07. The van der Waals surface area contributed by atoms with Gasteiger partial charge in [0.2, 0.25) is 0 Å². The van der Waals surface area contributed by atoms with Gasteiger partial charge in [0.05, 0.1) is 6.54 Å². The van der Waals surface area contributed by atoms with Crippen LogP contribution in [0.3, 0.4) is 0 Å². The maximum absolute atomic E-state index is 4.27. The van der Waals surface area contributed by atoms with Gasteiger partial charge in [-0.1, -0.05) is 30.7 Å². The molecule has 2 aromatic rings. The predicted octanol–water partition coefficient (Wildman–Crippen LogP) is 2.65. The summed E-state index contributed by atoms with van der Waals surface area (Å²) in [5.41, 5.74) is 2.90. The fourth-order valence-corrected chi connectivity index (χ4v) is 3.32. The SMILES string of the molecule is c1nc2n(n1)CC(NCc1ccc(C3CCC3)cc1)CC2. The van der Waals surface area contributed by atoms with Crippen molar-refractivity contribution in [1.29, 1.82) is 0 Å². The van der Waals surface area contributed by atoms with Gasteiger partial charge < -0.3 is 5.32 Å². The van der Waals surface area contributed by atoms with E-state index in [1.807, 2.05) is 4.68 Å². The summed E-state index contributed by atoms with van der Waals surface area (Å²) >= 11 is 0. The highest BCUT2D eigenvalue weighted by molar-refractivity contribution is 5.26. The molecule has 1 N–H and O–H groups in total. The Bertz CT molecular complexity index is 598. The molecule has 1 saturated carbocycles. The van der Waals surface area contributed by atoms with Gasteiger partial charge in [-0.3, -0.25) is 0 Å². The van der Waals surface area contributed by atoms with Gasteiger partial charge in [0.25, 0.3) is 0 Å². The zero-order valence-corrected chi connectivity index (χ0v) is 12.3. The fourth-order valence-electron chi connectivity index (χ4n) is 3.32. The number of hydrogen-bond donors (Lipinski definition) is 1. The van der Waals surface area contributed by atoms with Crippen LogP contribution >= 0.6 is 0 Å². The first-order chi connectivity index (χ1) is 10.4. The molecule has 1 fully saturated rings. The molecule has 2 aliphatic rings. The molecule has 0 bridgehead atoms. The van der Waals surface area contributed by atoms with E-state index >= 15 is 0 Å². The molecule has 1 atom stereocenters. The van der Waals surface area contributed by atoms with Crippen LogP contribution in [0.4, 0.5) is 0 Å². The standard InChI is InChI=1S/C17H22N4/c1-2-14(3-1)15-6-4-13(5-7-15)10-18-16-8-9-17-19-12-20-21(17)11-16/h4-7,12,14,16,18H,1-3,8-11H2. The van der Waals surface area contributed by atoms with E-state index in [4.69, 9.17) is 0 Å². The van der Waals surface area contributed by atoms with Crippen molar-refractivity contribution in [3.05, 3.63) is 47.5 Å². The second-order valence-corrected chi connectivity index (χ2v) is 6.34. The third kappa shape index (κ3) is 2.72. The third-order valence-electron chi connectivity index (χ3n) is 4.96. The zero-order chi connectivity index (χ0) is 14.1. The number of rotatable bonds is 4. The van der Waals surface area contributed by atoms with Crippen molar-refractivity contribution in [3.63, 3.8) is 0 Å². The average molecular weight is 282 g/mol. The predicted molar refractivity (Wildman–Crippen MR) is 82.0 cm³/mol. The molecule has 4 rings (SSSR count). The maximum atomic E-state index is 4.27. The van der Waals surface area contributed by atoms with Gasteiger partial charge in [-0.15, -0.1) is 0 Å². The van der Waals surface area contributed by atoms with Gasteiger partial charge in [-0.25, -0.2) is 9.67 Å². The Labute approximate surface area is 125 Å². The molecular weight excluding hydrogens is 260 g/mol. The molecule has 0 spiro atoms. The van der Waals surface area contributed by atoms with Crippen molar-refractivity contribution >= 4 is 0 Å². The number of benzene rings is 1. The number of aryl methyl sites for hydroxylation is 1. The topological polar surface area (TPSA) is 42.7 Å². The van der Waals surface area contributed by atoms with Crippen molar-refractivity contribution in [2.24, 2.45) is 0 Å². The lowest BCUT2D eigenvalue weighted by Crippen LogP contribution is -2.37. The summed E-state index contributed by atoms with van der Waals surface area (Å²) in [6.45, 7) is 1.88. The summed E-state index contributed by atoms with van der Waals surface area (Å²) in [5, 5.41) is 7.93. The van der Waals surface area contributed by atoms with Gasteiger partial charge >= 0.3 is 0 Å². The molecule has 0 saturated heterocycles. The zero-order valence-electron chi connectivity index (χ0n) is 12.3. The minimum Gasteiger partial charge on any atom is -0.308 e. The number of fused-ring (bicyclic) bond motifs is 1. The van der Waals surface area contributed by atoms with E-state index in [0.29, 0.717) is 6.04 Å². The number of hydrogen-bond acceptors (Lipinski definition) is 3. The number of nitrogens with zero attached hydrogens (tertiary/aromatic N) is 3. The van der Waals surface area contributed by atoms with Crippen LogP contribution in [0.15, 0.2) is 30.6 Å². The summed E-state index contributed by atoms with van der Waals surface area (Å²) in [7, 11) is 0. The van der Waals surface area contributed by atoms with E-state index in [-0.39, 0.29) is 0 Å². The minimum atomic E-state index is 0.505. The molecule has 1 aliphatic heterocycles. The highest BCUT2D eigenvalue weighted by atomic mass is 15.3. The number of nitrogens with one attached hydrogen (secondary N) is 1. The molecule has 2 heterocycles. The van der Waals surface area contributed by atoms with Crippen LogP contribution in [0, 0.1) is 0 Å². The molecule has 1 aliphatic carbocycles. The third-order valence-corrected chi connectivity index (χ3v) is 4.96. The summed E-state index contributed by atoms with van der Waals surface area (Å²) in [6.07, 6.45) is 7.99. The molecule has 4 heteroatoms. The molecule has 1 unspecified atom stereocenters. The monoisotopic (exact) mass is 282 g/mol. The summed E-state index contributed by atoms with van der Waals surface area (Å²) in [5.74, 6) is 1.95. The van der Waals surface area contributed by atoms with E-state index in [1.165, 1.54) is 30.4 Å². The molecule has 0 amide bonds. The highest BCUT2D eigenvalue weighted by Crippen LogP contribution is 2.36. The molecule has 21 heavy (non-hydrogen) atoms. The van der Waals surface area contributed by atoms with Gasteiger partial charge in [0.15, 0.2) is 0 Å². The minimum absolute atomic E-state index is 0.505. The normalized spacial score (nSPS) is 21.8. The maximum Gasteiger partial charge on any atom is 0.138 e. The molecule has 110 valence electrons. The van der Waals surface area contributed by atoms with Crippen molar-refractivity contribution < 1.29 is 0 Å². The summed E-state index contributed by atoms with van der Waals surface area (Å²) in [4.78, 5) is 4.27. The summed E-state index contributed by atoms with van der Waals surface area (Å²) in [6, 6.07) is 9.70. The molecule has 0 radical (unpaired) electrons. The Morgan fingerprint density at radius 3 is 2.76 bits per heavy atom. The molecule has 1 aromatic carbocycles. The van der Waals surface area contributed by atoms with E-state index in [2.05, 4.69) is 39.7 Å². The van der Waals surface area contributed by atoms with Crippen LogP contribution in [0.25, 0.3) is 0 Å². The van der Waals surface area contributed by atoms with Crippen LogP contribution in [-0.2, 0) is 19.5 Å². The average Bonchev–Trinajstić information content (AvgIpc) is 2.92. The van der Waals surface area contributed by atoms with Crippen molar-refractivity contribution in [2.45, 2.75) is 57.2 Å². The van der Waals surface area contributed by atoms with Gasteiger partial charge in [-0.05, 0) is 36.3 Å². The Hall–Kier alpha value is -1.68. The van der Waals surface area contributed by atoms with Gasteiger partial charge in [0.1, 0.15) is 12.2 Å². The Balaban J connectivity index is 1.32. The quantitative estimate of drug-likeness (QED) is 0.937. The molecule has 4 nitrogen and oxygen atoms in total. The highest BCUT2D eigenvalue weighted by Gasteiger charge is 2.20. The van der Waals surface area contributed by atoms with Crippen molar-refractivity contribution in [1.82, 2.24) is 20.1 Å².